The minimum Gasteiger partial charge on any atom is -0.0654 e. The third-order valence-electron chi connectivity index (χ3n) is 2.46. The van der Waals surface area contributed by atoms with Crippen molar-refractivity contribution in [1.82, 2.24) is 0 Å². The van der Waals surface area contributed by atoms with Gasteiger partial charge >= 0.3 is 0 Å². The van der Waals surface area contributed by atoms with Gasteiger partial charge in [-0.3, -0.25) is 0 Å². The summed E-state index contributed by atoms with van der Waals surface area (Å²) in [5.74, 6) is 0. The van der Waals surface area contributed by atoms with Crippen molar-refractivity contribution in [3.8, 4) is 0 Å². The van der Waals surface area contributed by atoms with E-state index in [4.69, 9.17) is 0 Å². The van der Waals surface area contributed by atoms with E-state index in [2.05, 4.69) is 13.8 Å². The normalized spacial score (nSPS) is 8.40. The molecule has 0 radical (unpaired) electrons. The average molecular weight is 474 g/mol. The van der Waals surface area contributed by atoms with Gasteiger partial charge in [-0.2, -0.15) is 0 Å². The average Bonchev–Trinajstić information content (AvgIpc) is 2.10. The van der Waals surface area contributed by atoms with Gasteiger partial charge in [0.25, 0.3) is 0 Å². The molecule has 0 aromatic carbocycles. The molecule has 3 heteroatoms. The molecule has 0 aliphatic carbocycles. The monoisotopic (exact) mass is 476 g/mol. The largest absolute Gasteiger partial charge is 0.0654 e. The first-order valence-electron chi connectivity index (χ1n) is 5.91. The first-order valence-corrected chi connectivity index (χ1v) is 5.91. The van der Waals surface area contributed by atoms with Gasteiger partial charge in [0, 0.05) is 58.4 Å². The molecule has 0 fully saturated rings. The molecule has 0 heterocycles. The Morgan fingerprint density at radius 1 is 0.400 bits per heavy atom. The summed E-state index contributed by atoms with van der Waals surface area (Å²) >= 11 is 0. The second-order valence-corrected chi connectivity index (χ2v) is 3.83. The predicted molar refractivity (Wildman–Crippen MR) is 57.5 cm³/mol. The molecule has 0 bridgehead atoms. The molecule has 0 aliphatic heterocycles. The summed E-state index contributed by atoms with van der Waals surface area (Å²) in [5.41, 5.74) is 0. The second kappa shape index (κ2) is 24.9. The van der Waals surface area contributed by atoms with Crippen LogP contribution in [0.3, 0.4) is 0 Å². The van der Waals surface area contributed by atoms with Crippen molar-refractivity contribution in [2.75, 3.05) is 0 Å². The first-order chi connectivity index (χ1) is 5.91. The molecule has 0 unspecified atom stereocenters. The molecular formula is C12H26Ru3. The van der Waals surface area contributed by atoms with Gasteiger partial charge in [-0.05, 0) is 0 Å². The number of hydrogen-bond donors (Lipinski definition) is 0. The Bertz CT molecular complexity index is 67.3. The van der Waals surface area contributed by atoms with Gasteiger partial charge in [-0.15, -0.1) is 0 Å². The zero-order chi connectivity index (χ0) is 9.07. The van der Waals surface area contributed by atoms with E-state index in [1.165, 1.54) is 64.2 Å². The molecule has 0 aromatic rings. The molecule has 0 rings (SSSR count). The van der Waals surface area contributed by atoms with Crippen molar-refractivity contribution in [2.45, 2.75) is 78.1 Å². The van der Waals surface area contributed by atoms with Crippen LogP contribution in [-0.4, -0.2) is 0 Å². The third-order valence-corrected chi connectivity index (χ3v) is 2.46. The maximum Gasteiger partial charge on any atom is 0 e. The Morgan fingerprint density at radius 3 is 0.800 bits per heavy atom. The SMILES string of the molecule is CCCCCCCCCCCC.[Ru].[Ru].[Ru]. The van der Waals surface area contributed by atoms with E-state index in [-0.39, 0.29) is 58.4 Å². The van der Waals surface area contributed by atoms with E-state index in [0.717, 1.165) is 0 Å². The van der Waals surface area contributed by atoms with Gasteiger partial charge < -0.3 is 0 Å². The maximum atomic E-state index is 2.28. The van der Waals surface area contributed by atoms with Crippen LogP contribution in [0, 0.1) is 0 Å². The van der Waals surface area contributed by atoms with Crippen molar-refractivity contribution in [3.05, 3.63) is 0 Å². The first kappa shape index (κ1) is 25.7. The van der Waals surface area contributed by atoms with Crippen LogP contribution < -0.4 is 0 Å². The summed E-state index contributed by atoms with van der Waals surface area (Å²) in [6.07, 6.45) is 14.4. The van der Waals surface area contributed by atoms with Crippen LogP contribution in [-0.2, 0) is 58.4 Å². The topological polar surface area (TPSA) is 0 Å². The maximum absolute atomic E-state index is 2.28. The van der Waals surface area contributed by atoms with Gasteiger partial charge in [0.1, 0.15) is 0 Å². The number of unbranched alkanes of at least 4 members (excludes halogenated alkanes) is 9. The van der Waals surface area contributed by atoms with Gasteiger partial charge in [0.15, 0.2) is 0 Å². The van der Waals surface area contributed by atoms with Gasteiger partial charge in [0.05, 0.1) is 0 Å². The molecule has 0 nitrogen and oxygen atoms in total. The molecule has 0 atom stereocenters. The Labute approximate surface area is 135 Å². The van der Waals surface area contributed by atoms with Crippen LogP contribution in [0.25, 0.3) is 0 Å². The molecule has 0 amide bonds. The Kier molecular flexibility index (Phi) is 42.6. The molecule has 0 saturated heterocycles. The van der Waals surface area contributed by atoms with E-state index >= 15 is 0 Å². The summed E-state index contributed by atoms with van der Waals surface area (Å²) in [5, 5.41) is 0. The number of hydrogen-bond acceptors (Lipinski definition) is 0. The summed E-state index contributed by atoms with van der Waals surface area (Å²) < 4.78 is 0. The molecular weight excluding hydrogens is 447 g/mol. The Morgan fingerprint density at radius 2 is 0.600 bits per heavy atom. The molecule has 0 spiro atoms. The Balaban J connectivity index is -0.000000202. The number of rotatable bonds is 9. The van der Waals surface area contributed by atoms with Crippen molar-refractivity contribution in [2.24, 2.45) is 0 Å². The minimum absolute atomic E-state index is 0. The van der Waals surface area contributed by atoms with Crippen LogP contribution in [0.4, 0.5) is 0 Å². The zero-order valence-electron chi connectivity index (χ0n) is 10.1. The molecule has 98 valence electrons. The van der Waals surface area contributed by atoms with E-state index in [1.54, 1.807) is 0 Å². The minimum atomic E-state index is 0. The van der Waals surface area contributed by atoms with Gasteiger partial charge in [0.2, 0.25) is 0 Å². The molecule has 0 aromatic heterocycles. The summed E-state index contributed by atoms with van der Waals surface area (Å²) in [6.45, 7) is 4.56. The Hall–Kier alpha value is 1.87. The summed E-state index contributed by atoms with van der Waals surface area (Å²) in [6, 6.07) is 0. The van der Waals surface area contributed by atoms with Crippen molar-refractivity contribution in [1.29, 1.82) is 0 Å². The molecule has 0 aliphatic rings. The quantitative estimate of drug-likeness (QED) is 0.330. The van der Waals surface area contributed by atoms with Crippen molar-refractivity contribution >= 4 is 0 Å². The van der Waals surface area contributed by atoms with Crippen LogP contribution in [0.2, 0.25) is 0 Å². The molecule has 0 saturated carbocycles. The van der Waals surface area contributed by atoms with Crippen LogP contribution in [0.15, 0.2) is 0 Å². The molecule has 15 heavy (non-hydrogen) atoms. The second-order valence-electron chi connectivity index (χ2n) is 3.83. The fourth-order valence-electron chi connectivity index (χ4n) is 1.56. The fourth-order valence-corrected chi connectivity index (χ4v) is 1.56. The third kappa shape index (κ3) is 25.8. The summed E-state index contributed by atoms with van der Waals surface area (Å²) in [7, 11) is 0. The molecule has 0 N–H and O–H groups in total. The van der Waals surface area contributed by atoms with Crippen LogP contribution in [0.1, 0.15) is 78.1 Å². The zero-order valence-corrected chi connectivity index (χ0v) is 15.3. The van der Waals surface area contributed by atoms with Gasteiger partial charge in [-0.1, -0.05) is 78.1 Å². The van der Waals surface area contributed by atoms with E-state index in [0.29, 0.717) is 0 Å². The predicted octanol–water partition coefficient (Wildman–Crippen LogP) is 4.92. The van der Waals surface area contributed by atoms with E-state index in [1.807, 2.05) is 0 Å². The fraction of sp³-hybridized carbons (Fsp3) is 1.00. The van der Waals surface area contributed by atoms with Crippen LogP contribution >= 0.6 is 0 Å². The standard InChI is InChI=1S/C12H26.3Ru/c1-3-5-7-9-11-12-10-8-6-4-2;;;/h3-12H2,1-2H3;;;. The van der Waals surface area contributed by atoms with Gasteiger partial charge in [-0.25, -0.2) is 0 Å². The van der Waals surface area contributed by atoms with E-state index < -0.39 is 0 Å². The van der Waals surface area contributed by atoms with E-state index in [9.17, 15) is 0 Å². The smallest absolute Gasteiger partial charge is 0 e. The van der Waals surface area contributed by atoms with Crippen molar-refractivity contribution in [3.63, 3.8) is 0 Å². The van der Waals surface area contributed by atoms with Crippen LogP contribution in [0.5, 0.6) is 0 Å². The van der Waals surface area contributed by atoms with Crippen molar-refractivity contribution < 1.29 is 58.4 Å². The summed E-state index contributed by atoms with van der Waals surface area (Å²) in [4.78, 5) is 0.